The molecule has 0 fully saturated rings. The summed E-state index contributed by atoms with van der Waals surface area (Å²) in [6.45, 7) is 11.0. The minimum absolute atomic E-state index is 0.0433. The average molecular weight is 281 g/mol. The van der Waals surface area contributed by atoms with Gasteiger partial charge in [-0.25, -0.2) is 0 Å². The first-order chi connectivity index (χ1) is 8.82. The molecule has 19 heavy (non-hydrogen) atoms. The van der Waals surface area contributed by atoms with Crippen LogP contribution in [-0.2, 0) is 10.8 Å². The van der Waals surface area contributed by atoms with Gasteiger partial charge in [-0.2, -0.15) is 0 Å². The minimum Gasteiger partial charge on any atom is -0.339 e. The number of hydrogen-bond acceptors (Lipinski definition) is 2. The molecule has 4 heteroatoms. The second kappa shape index (κ2) is 6.33. The summed E-state index contributed by atoms with van der Waals surface area (Å²) in [5, 5.41) is 0. The van der Waals surface area contributed by atoms with Crippen LogP contribution in [0.15, 0.2) is 29.2 Å². The molecule has 0 aliphatic carbocycles. The Morgan fingerprint density at radius 2 is 1.68 bits per heavy atom. The van der Waals surface area contributed by atoms with Gasteiger partial charge in [0.1, 0.15) is 0 Å². The maximum atomic E-state index is 12.5. The Morgan fingerprint density at radius 3 is 2.16 bits per heavy atom. The monoisotopic (exact) mass is 281 g/mol. The summed E-state index contributed by atoms with van der Waals surface area (Å²) in [5.74, 6) is -0.0433. The van der Waals surface area contributed by atoms with Crippen LogP contribution < -0.4 is 0 Å². The summed E-state index contributed by atoms with van der Waals surface area (Å²) < 4.78 is 12.2. The van der Waals surface area contributed by atoms with Crippen LogP contribution in [-0.4, -0.2) is 32.9 Å². The fourth-order valence-corrected chi connectivity index (χ4v) is 3.03. The molecule has 1 amide bonds. The molecular weight excluding hydrogens is 258 g/mol. The standard InChI is InChI=1S/C15H23NO2S/c1-6-16(7-2)14(17)12-10-8-9-11-13(12)19(18)15(3,4)5/h8-11H,6-7H2,1-5H3. The van der Waals surface area contributed by atoms with Crippen LogP contribution in [0.25, 0.3) is 0 Å². The van der Waals surface area contributed by atoms with Gasteiger partial charge >= 0.3 is 0 Å². The lowest BCUT2D eigenvalue weighted by molar-refractivity contribution is 0.0769. The molecule has 0 aliphatic heterocycles. The molecule has 0 aliphatic rings. The van der Waals surface area contributed by atoms with Crippen molar-refractivity contribution in [2.75, 3.05) is 13.1 Å². The third kappa shape index (κ3) is 3.66. The van der Waals surface area contributed by atoms with Gasteiger partial charge in [-0.1, -0.05) is 12.1 Å². The highest BCUT2D eigenvalue weighted by atomic mass is 32.2. The molecule has 106 valence electrons. The van der Waals surface area contributed by atoms with Crippen molar-refractivity contribution >= 4 is 16.7 Å². The summed E-state index contributed by atoms with van der Waals surface area (Å²) >= 11 is 0. The molecule has 3 nitrogen and oxygen atoms in total. The van der Waals surface area contributed by atoms with E-state index >= 15 is 0 Å². The highest BCUT2D eigenvalue weighted by Crippen LogP contribution is 2.24. The van der Waals surface area contributed by atoms with E-state index in [0.717, 1.165) is 0 Å². The molecule has 0 saturated heterocycles. The normalized spacial score (nSPS) is 13.1. The van der Waals surface area contributed by atoms with E-state index in [1.54, 1.807) is 17.0 Å². The van der Waals surface area contributed by atoms with Crippen molar-refractivity contribution in [3.8, 4) is 0 Å². The van der Waals surface area contributed by atoms with Gasteiger partial charge in [0.25, 0.3) is 5.91 Å². The molecule has 0 radical (unpaired) electrons. The van der Waals surface area contributed by atoms with Crippen molar-refractivity contribution in [2.45, 2.75) is 44.3 Å². The number of hydrogen-bond donors (Lipinski definition) is 0. The van der Waals surface area contributed by atoms with Crippen LogP contribution >= 0.6 is 0 Å². The maximum absolute atomic E-state index is 12.5. The van der Waals surface area contributed by atoms with Gasteiger partial charge in [0, 0.05) is 17.8 Å². The first kappa shape index (κ1) is 15.9. The number of nitrogens with zero attached hydrogens (tertiary/aromatic N) is 1. The number of amides is 1. The van der Waals surface area contributed by atoms with Crippen molar-refractivity contribution in [3.63, 3.8) is 0 Å². The maximum Gasteiger partial charge on any atom is 0.255 e. The van der Waals surface area contributed by atoms with Gasteiger partial charge in [-0.05, 0) is 46.8 Å². The summed E-state index contributed by atoms with van der Waals surface area (Å²) in [4.78, 5) is 14.8. The Balaban J connectivity index is 3.24. The third-order valence-electron chi connectivity index (χ3n) is 2.92. The largest absolute Gasteiger partial charge is 0.339 e. The van der Waals surface area contributed by atoms with E-state index in [-0.39, 0.29) is 10.7 Å². The number of carbonyl (C=O) groups is 1. The number of rotatable bonds is 4. The molecule has 1 unspecified atom stereocenters. The van der Waals surface area contributed by atoms with Crippen LogP contribution in [0.4, 0.5) is 0 Å². The number of carbonyl (C=O) groups excluding carboxylic acids is 1. The quantitative estimate of drug-likeness (QED) is 0.850. The van der Waals surface area contributed by atoms with E-state index in [1.165, 1.54) is 0 Å². The first-order valence-electron chi connectivity index (χ1n) is 6.63. The number of benzene rings is 1. The summed E-state index contributed by atoms with van der Waals surface area (Å²) in [7, 11) is -1.20. The van der Waals surface area contributed by atoms with Crippen LogP contribution in [0.1, 0.15) is 45.0 Å². The van der Waals surface area contributed by atoms with Crippen molar-refractivity contribution < 1.29 is 9.00 Å². The fourth-order valence-electron chi connectivity index (χ4n) is 1.82. The Kier molecular flexibility index (Phi) is 5.29. The smallest absolute Gasteiger partial charge is 0.255 e. The molecule has 1 rings (SSSR count). The first-order valence-corrected chi connectivity index (χ1v) is 7.78. The lowest BCUT2D eigenvalue weighted by atomic mass is 10.2. The lowest BCUT2D eigenvalue weighted by Gasteiger charge is -2.23. The van der Waals surface area contributed by atoms with Gasteiger partial charge in [-0.15, -0.1) is 0 Å². The van der Waals surface area contributed by atoms with E-state index in [2.05, 4.69) is 0 Å². The second-order valence-electron chi connectivity index (χ2n) is 5.35. The van der Waals surface area contributed by atoms with Crippen LogP contribution in [0.5, 0.6) is 0 Å². The SMILES string of the molecule is CCN(CC)C(=O)c1ccccc1S(=O)C(C)(C)C. The van der Waals surface area contributed by atoms with E-state index in [4.69, 9.17) is 0 Å². The lowest BCUT2D eigenvalue weighted by Crippen LogP contribution is -2.32. The Hall–Kier alpha value is -1.16. The summed E-state index contributed by atoms with van der Waals surface area (Å²) in [6, 6.07) is 7.20. The zero-order valence-corrected chi connectivity index (χ0v) is 13.2. The van der Waals surface area contributed by atoms with Crippen LogP contribution in [0.2, 0.25) is 0 Å². The molecule has 0 heterocycles. The predicted molar refractivity (Wildman–Crippen MR) is 79.9 cm³/mol. The zero-order valence-electron chi connectivity index (χ0n) is 12.4. The zero-order chi connectivity index (χ0) is 14.6. The molecule has 0 spiro atoms. The van der Waals surface area contributed by atoms with Gasteiger partial charge in [0.2, 0.25) is 0 Å². The van der Waals surface area contributed by atoms with Crippen molar-refractivity contribution in [1.29, 1.82) is 0 Å². The van der Waals surface area contributed by atoms with Gasteiger partial charge in [-0.3, -0.25) is 9.00 Å². The van der Waals surface area contributed by atoms with Gasteiger partial charge < -0.3 is 4.90 Å². The molecule has 1 aromatic carbocycles. The summed E-state index contributed by atoms with van der Waals surface area (Å²) in [6.07, 6.45) is 0. The van der Waals surface area contributed by atoms with Gasteiger partial charge in [0.05, 0.1) is 21.3 Å². The Morgan fingerprint density at radius 1 is 1.16 bits per heavy atom. The van der Waals surface area contributed by atoms with Crippen molar-refractivity contribution in [2.24, 2.45) is 0 Å². The molecule has 0 saturated carbocycles. The van der Waals surface area contributed by atoms with Crippen molar-refractivity contribution in [1.82, 2.24) is 4.90 Å². The highest BCUT2D eigenvalue weighted by molar-refractivity contribution is 7.86. The minimum atomic E-state index is -1.20. The Labute approximate surface area is 118 Å². The van der Waals surface area contributed by atoms with Gasteiger partial charge in [0.15, 0.2) is 0 Å². The molecule has 0 aromatic heterocycles. The topological polar surface area (TPSA) is 37.4 Å². The van der Waals surface area contributed by atoms with E-state index in [9.17, 15) is 9.00 Å². The predicted octanol–water partition coefficient (Wildman–Crippen LogP) is 3.07. The van der Waals surface area contributed by atoms with E-state index < -0.39 is 10.8 Å². The highest BCUT2D eigenvalue weighted by Gasteiger charge is 2.26. The molecule has 0 bridgehead atoms. The average Bonchev–Trinajstić information content (AvgIpc) is 2.38. The Bertz CT molecular complexity index is 473. The van der Waals surface area contributed by atoms with E-state index in [0.29, 0.717) is 23.5 Å². The fraction of sp³-hybridized carbons (Fsp3) is 0.533. The second-order valence-corrected chi connectivity index (χ2v) is 7.56. The molecule has 1 aromatic rings. The molecule has 0 N–H and O–H groups in total. The van der Waals surface area contributed by atoms with Crippen LogP contribution in [0, 0.1) is 0 Å². The van der Waals surface area contributed by atoms with E-state index in [1.807, 2.05) is 46.8 Å². The third-order valence-corrected chi connectivity index (χ3v) is 4.79. The molecule has 1 atom stereocenters. The van der Waals surface area contributed by atoms with Crippen molar-refractivity contribution in [3.05, 3.63) is 29.8 Å². The molecular formula is C15H23NO2S. The summed E-state index contributed by atoms with van der Waals surface area (Å²) in [5.41, 5.74) is 0.555. The van der Waals surface area contributed by atoms with Crippen LogP contribution in [0.3, 0.4) is 0 Å².